The van der Waals surface area contributed by atoms with E-state index in [0.29, 0.717) is 0 Å². The molecule has 0 amide bonds. The quantitative estimate of drug-likeness (QED) is 0.156. The average molecular weight is 224 g/mol. The molecule has 0 aromatic heterocycles. The van der Waals surface area contributed by atoms with Crippen LogP contribution in [0.5, 0.6) is 0 Å². The van der Waals surface area contributed by atoms with Gasteiger partial charge in [-0.15, -0.1) is 0 Å². The summed E-state index contributed by atoms with van der Waals surface area (Å²) < 4.78 is 9.01. The fourth-order valence-electron chi connectivity index (χ4n) is 0.721. The number of carbonyl (C=O) groups excluding carboxylic acids is 2. The van der Waals surface area contributed by atoms with Crippen molar-refractivity contribution in [1.29, 1.82) is 0 Å². The normalized spacial score (nSPS) is 10.1. The molecule has 0 unspecified atom stereocenters. The van der Waals surface area contributed by atoms with Crippen molar-refractivity contribution in [3.8, 4) is 0 Å². The number of hydrogen-bond acceptors (Lipinski definition) is 5. The van der Waals surface area contributed by atoms with Crippen LogP contribution in [0.3, 0.4) is 0 Å². The minimum atomic E-state index is -0.734. The minimum Gasteiger partial charge on any atom is -0.613 e. The van der Waals surface area contributed by atoms with Crippen molar-refractivity contribution in [3.05, 3.63) is 12.0 Å². The third-order valence-corrected chi connectivity index (χ3v) is 1.19. The van der Waals surface area contributed by atoms with Crippen LogP contribution in [0.1, 0.15) is 20.3 Å². The number of hydrogen-bond donors (Lipinski definition) is 0. The van der Waals surface area contributed by atoms with Gasteiger partial charge in [0, 0.05) is 6.08 Å². The molecule has 0 saturated heterocycles. The Morgan fingerprint density at radius 1 is 1.20 bits per heavy atom. The van der Waals surface area contributed by atoms with Crippen LogP contribution in [0.4, 0.5) is 0 Å². The van der Waals surface area contributed by atoms with Crippen LogP contribution in [0.2, 0.25) is 0 Å². The van der Waals surface area contributed by atoms with E-state index in [1.165, 1.54) is 0 Å². The van der Waals surface area contributed by atoms with E-state index < -0.39 is 24.1 Å². The number of ether oxygens (including phenoxy) is 2. The molecule has 0 fully saturated rings. The van der Waals surface area contributed by atoms with E-state index >= 15 is 0 Å². The van der Waals surface area contributed by atoms with Gasteiger partial charge in [0.15, 0.2) is 5.78 Å². The van der Waals surface area contributed by atoms with Gasteiger partial charge in [-0.05, 0) is 13.5 Å². The third kappa shape index (κ3) is 9.78. The Kier molecular flexibility index (Phi) is 11.3. The zero-order chi connectivity index (χ0) is 11.0. The topological polar surface area (TPSA) is 75.7 Å². The number of esters is 1. The van der Waals surface area contributed by atoms with E-state index in [1.54, 1.807) is 13.8 Å². The number of allylic oxidation sites excluding steroid dienone is 1. The van der Waals surface area contributed by atoms with Crippen molar-refractivity contribution < 1.29 is 53.7 Å². The monoisotopic (exact) mass is 224 g/mol. The van der Waals surface area contributed by atoms with Crippen molar-refractivity contribution in [2.24, 2.45) is 0 Å². The Morgan fingerprint density at radius 2 is 1.73 bits per heavy atom. The molecule has 0 aliphatic rings. The molecule has 0 aliphatic carbocycles. The van der Waals surface area contributed by atoms with Crippen LogP contribution in [0.15, 0.2) is 12.0 Å². The molecule has 0 atom stereocenters. The Balaban J connectivity index is 0. The largest absolute Gasteiger partial charge is 1.00 e. The average Bonchev–Trinajstić information content (AvgIpc) is 2.03. The molecule has 0 rings (SSSR count). The van der Waals surface area contributed by atoms with Gasteiger partial charge in [-0.2, -0.15) is 0 Å². The van der Waals surface area contributed by atoms with Crippen LogP contribution in [-0.2, 0) is 19.1 Å². The van der Waals surface area contributed by atoms with E-state index in [0.717, 1.165) is 6.08 Å². The summed E-state index contributed by atoms with van der Waals surface area (Å²) in [7, 11) is 0. The van der Waals surface area contributed by atoms with Gasteiger partial charge < -0.3 is 14.6 Å². The van der Waals surface area contributed by atoms with Crippen molar-refractivity contribution in [1.82, 2.24) is 0 Å². The Morgan fingerprint density at radius 3 is 2.20 bits per heavy atom. The van der Waals surface area contributed by atoms with E-state index in [2.05, 4.69) is 9.47 Å². The zero-order valence-electron chi connectivity index (χ0n) is 9.24. The molecule has 0 saturated carbocycles. The molecule has 5 nitrogen and oxygen atoms in total. The van der Waals surface area contributed by atoms with Gasteiger partial charge in [-0.3, -0.25) is 9.59 Å². The molecular formula is C9H13NaO5. The molecule has 0 bridgehead atoms. The fourth-order valence-corrected chi connectivity index (χ4v) is 0.721. The predicted octanol–water partition coefficient (Wildman–Crippen LogP) is -3.25. The Bertz CT molecular complexity index is 237. The first-order valence-electron chi connectivity index (χ1n) is 4.30. The molecule has 0 aromatic rings. The maximum absolute atomic E-state index is 11.0. The van der Waals surface area contributed by atoms with Crippen molar-refractivity contribution in [2.45, 2.75) is 20.3 Å². The molecule has 0 aliphatic heterocycles. The first-order chi connectivity index (χ1) is 6.60. The van der Waals surface area contributed by atoms with Gasteiger partial charge in [0.05, 0.1) is 12.6 Å². The van der Waals surface area contributed by atoms with Crippen LogP contribution in [0.25, 0.3) is 0 Å². The SMILES string of the molecule is CCOC(=O)CC(=O)/C=C(/[O-])OCC.[Na+]. The molecule has 0 N–H and O–H groups in total. The molecule has 80 valence electrons. The maximum Gasteiger partial charge on any atom is 1.00 e. The molecule has 0 heterocycles. The van der Waals surface area contributed by atoms with Crippen molar-refractivity contribution in [2.75, 3.05) is 13.2 Å². The molecule has 0 aromatic carbocycles. The van der Waals surface area contributed by atoms with Crippen LogP contribution >= 0.6 is 0 Å². The van der Waals surface area contributed by atoms with Crippen LogP contribution in [-0.4, -0.2) is 25.0 Å². The second-order valence-corrected chi connectivity index (χ2v) is 2.34. The Labute approximate surface area is 111 Å². The number of rotatable bonds is 6. The van der Waals surface area contributed by atoms with Gasteiger partial charge in [-0.25, -0.2) is 0 Å². The van der Waals surface area contributed by atoms with Crippen molar-refractivity contribution >= 4 is 11.8 Å². The molecule has 15 heavy (non-hydrogen) atoms. The molecule has 6 heteroatoms. The standard InChI is InChI=1S/C9H14O5.Na/c1-3-13-8(11)5-7(10)6-9(12)14-4-2;/h5,11H,3-4,6H2,1-2H3;/q;+1/p-1/b8-5-;. The summed E-state index contributed by atoms with van der Waals surface area (Å²) >= 11 is 0. The second kappa shape index (κ2) is 10.0. The van der Waals surface area contributed by atoms with E-state index in [9.17, 15) is 14.7 Å². The fraction of sp³-hybridized carbons (Fsp3) is 0.556. The number of carbonyl (C=O) groups is 2. The van der Waals surface area contributed by atoms with Gasteiger partial charge >= 0.3 is 35.5 Å². The predicted molar refractivity (Wildman–Crippen MR) is 46.0 cm³/mol. The smallest absolute Gasteiger partial charge is 0.613 e. The third-order valence-electron chi connectivity index (χ3n) is 1.19. The van der Waals surface area contributed by atoms with E-state index in [4.69, 9.17) is 0 Å². The van der Waals surface area contributed by atoms with E-state index in [-0.39, 0.29) is 42.8 Å². The van der Waals surface area contributed by atoms with Gasteiger partial charge in [0.25, 0.3) is 0 Å². The zero-order valence-corrected chi connectivity index (χ0v) is 11.2. The number of ketones is 1. The summed E-state index contributed by atoms with van der Waals surface area (Å²) in [6.45, 7) is 3.67. The van der Waals surface area contributed by atoms with Gasteiger partial charge in [0.1, 0.15) is 6.42 Å². The second-order valence-electron chi connectivity index (χ2n) is 2.34. The van der Waals surface area contributed by atoms with Crippen LogP contribution < -0.4 is 34.7 Å². The summed E-state index contributed by atoms with van der Waals surface area (Å²) in [6, 6.07) is 0. The minimum absolute atomic E-state index is 0. The van der Waals surface area contributed by atoms with Crippen molar-refractivity contribution in [3.63, 3.8) is 0 Å². The summed E-state index contributed by atoms with van der Waals surface area (Å²) in [5.74, 6) is -1.98. The first kappa shape index (κ1) is 16.9. The molecule has 0 spiro atoms. The van der Waals surface area contributed by atoms with Gasteiger partial charge in [-0.1, -0.05) is 6.92 Å². The van der Waals surface area contributed by atoms with E-state index in [1.807, 2.05) is 0 Å². The van der Waals surface area contributed by atoms with Gasteiger partial charge in [0.2, 0.25) is 0 Å². The summed E-state index contributed by atoms with van der Waals surface area (Å²) in [6.07, 6.45) is 0.326. The summed E-state index contributed by atoms with van der Waals surface area (Å²) in [4.78, 5) is 21.7. The molecule has 0 radical (unpaired) electrons. The maximum atomic E-state index is 11.0. The van der Waals surface area contributed by atoms with Crippen LogP contribution in [0, 0.1) is 0 Å². The first-order valence-corrected chi connectivity index (χ1v) is 4.30. The molecular weight excluding hydrogens is 211 g/mol. The summed E-state index contributed by atoms with van der Waals surface area (Å²) in [5, 5.41) is 10.7. The Hall–Kier alpha value is -0.520. The summed E-state index contributed by atoms with van der Waals surface area (Å²) in [5.41, 5.74) is 0.